The van der Waals surface area contributed by atoms with Gasteiger partial charge in [0.1, 0.15) is 0 Å². The average molecular weight is 282 g/mol. The molecule has 1 aliphatic carbocycles. The highest BCUT2D eigenvalue weighted by atomic mass is 79.9. The van der Waals surface area contributed by atoms with Crippen LogP contribution in [-0.4, -0.2) is 6.04 Å². The molecule has 0 radical (unpaired) electrons. The van der Waals surface area contributed by atoms with Gasteiger partial charge in [0, 0.05) is 16.6 Å². The lowest BCUT2D eigenvalue weighted by molar-refractivity contribution is 0.438. The quantitative estimate of drug-likeness (QED) is 0.849. The van der Waals surface area contributed by atoms with Crippen molar-refractivity contribution in [1.82, 2.24) is 5.32 Å². The number of halogens is 1. The zero-order chi connectivity index (χ0) is 11.5. The van der Waals surface area contributed by atoms with E-state index in [1.165, 1.54) is 29.3 Å². The summed E-state index contributed by atoms with van der Waals surface area (Å²) in [7, 11) is 0. The van der Waals surface area contributed by atoms with Crippen molar-refractivity contribution in [2.75, 3.05) is 0 Å². The van der Waals surface area contributed by atoms with Crippen LogP contribution in [0.3, 0.4) is 0 Å². The minimum atomic E-state index is 0.421. The van der Waals surface area contributed by atoms with E-state index in [2.05, 4.69) is 59.4 Å². The second-order valence-corrected chi connectivity index (χ2v) is 5.84. The van der Waals surface area contributed by atoms with Crippen LogP contribution in [0.15, 0.2) is 28.7 Å². The maximum Gasteiger partial charge on any atom is 0.0305 e. The Labute approximate surface area is 107 Å². The molecule has 1 nitrogen and oxygen atoms in total. The van der Waals surface area contributed by atoms with E-state index < -0.39 is 0 Å². The first-order chi connectivity index (χ1) is 7.66. The van der Waals surface area contributed by atoms with Gasteiger partial charge in [0.25, 0.3) is 0 Å². The molecule has 2 atom stereocenters. The molecule has 1 aromatic rings. The average Bonchev–Trinajstić information content (AvgIpc) is 3.01. The smallest absolute Gasteiger partial charge is 0.0305 e. The maximum atomic E-state index is 3.68. The number of hydrogen-bond acceptors (Lipinski definition) is 1. The first-order valence-electron chi connectivity index (χ1n) is 6.17. The Morgan fingerprint density at radius 3 is 2.62 bits per heavy atom. The van der Waals surface area contributed by atoms with E-state index in [1.807, 2.05) is 0 Å². The fourth-order valence-corrected chi connectivity index (χ4v) is 2.89. The van der Waals surface area contributed by atoms with E-state index in [1.54, 1.807) is 0 Å². The third-order valence-corrected chi connectivity index (χ3v) is 4.01. The summed E-state index contributed by atoms with van der Waals surface area (Å²) in [5, 5.41) is 3.68. The molecule has 16 heavy (non-hydrogen) atoms. The van der Waals surface area contributed by atoms with Crippen molar-refractivity contribution in [2.24, 2.45) is 5.92 Å². The number of benzene rings is 1. The van der Waals surface area contributed by atoms with Gasteiger partial charge in [0.2, 0.25) is 0 Å². The minimum Gasteiger partial charge on any atom is -0.308 e. The van der Waals surface area contributed by atoms with Gasteiger partial charge in [-0.2, -0.15) is 0 Å². The highest BCUT2D eigenvalue weighted by Gasteiger charge is 2.24. The van der Waals surface area contributed by atoms with Gasteiger partial charge in [0.05, 0.1) is 0 Å². The molecule has 1 aliphatic rings. The fraction of sp³-hybridized carbons (Fsp3) is 0.571. The van der Waals surface area contributed by atoms with Crippen LogP contribution in [0.4, 0.5) is 0 Å². The summed E-state index contributed by atoms with van der Waals surface area (Å²) < 4.78 is 1.20. The molecule has 0 saturated heterocycles. The maximum absolute atomic E-state index is 3.68. The third-order valence-electron chi connectivity index (χ3n) is 3.29. The number of hydrogen-bond donors (Lipinski definition) is 1. The van der Waals surface area contributed by atoms with Crippen LogP contribution in [0.25, 0.3) is 0 Å². The van der Waals surface area contributed by atoms with Crippen LogP contribution in [0.5, 0.6) is 0 Å². The Morgan fingerprint density at radius 1 is 1.31 bits per heavy atom. The molecule has 2 heteroatoms. The normalized spacial score (nSPS) is 19.4. The van der Waals surface area contributed by atoms with Crippen LogP contribution in [0.1, 0.15) is 44.7 Å². The molecule has 2 rings (SSSR count). The summed E-state index contributed by atoms with van der Waals surface area (Å²) >= 11 is 3.61. The Morgan fingerprint density at radius 2 is 2.00 bits per heavy atom. The first kappa shape index (κ1) is 12.1. The van der Waals surface area contributed by atoms with Gasteiger partial charge in [0.15, 0.2) is 0 Å². The highest BCUT2D eigenvalue weighted by Crippen LogP contribution is 2.34. The van der Waals surface area contributed by atoms with Gasteiger partial charge in [-0.3, -0.25) is 0 Å². The van der Waals surface area contributed by atoms with E-state index in [0.717, 1.165) is 5.92 Å². The standard InChI is InChI=1S/C14H20BrN/c1-10(9-12-7-8-12)16-11(2)13-5-3-4-6-14(13)15/h3-6,10-12,16H,7-9H2,1-2H3/t10?,11-/m1/s1. The predicted octanol–water partition coefficient (Wildman–Crippen LogP) is 4.29. The summed E-state index contributed by atoms with van der Waals surface area (Å²) in [5.41, 5.74) is 1.35. The molecule has 1 fully saturated rings. The van der Waals surface area contributed by atoms with Crippen molar-refractivity contribution < 1.29 is 0 Å². The summed E-state index contributed by atoms with van der Waals surface area (Å²) in [5.74, 6) is 0.994. The van der Waals surface area contributed by atoms with Crippen LogP contribution >= 0.6 is 15.9 Å². The molecule has 1 aromatic carbocycles. The van der Waals surface area contributed by atoms with E-state index in [4.69, 9.17) is 0 Å². The predicted molar refractivity (Wildman–Crippen MR) is 72.5 cm³/mol. The molecular formula is C14H20BrN. The number of rotatable bonds is 5. The first-order valence-corrected chi connectivity index (χ1v) is 6.96. The lowest BCUT2D eigenvalue weighted by Gasteiger charge is -2.21. The van der Waals surface area contributed by atoms with Crippen LogP contribution in [0, 0.1) is 5.92 Å². The fourth-order valence-electron chi connectivity index (χ4n) is 2.26. The SMILES string of the molecule is CC(CC1CC1)N[C@H](C)c1ccccc1Br. The monoisotopic (exact) mass is 281 g/mol. The van der Waals surface area contributed by atoms with Crippen LogP contribution in [0.2, 0.25) is 0 Å². The Hall–Kier alpha value is -0.340. The summed E-state index contributed by atoms with van der Waals surface area (Å²) in [6.45, 7) is 4.54. The molecule has 0 aliphatic heterocycles. The highest BCUT2D eigenvalue weighted by molar-refractivity contribution is 9.10. The lowest BCUT2D eigenvalue weighted by Crippen LogP contribution is -2.29. The molecule has 0 spiro atoms. The van der Waals surface area contributed by atoms with Gasteiger partial charge >= 0.3 is 0 Å². The van der Waals surface area contributed by atoms with Crippen molar-refractivity contribution in [1.29, 1.82) is 0 Å². The van der Waals surface area contributed by atoms with Crippen molar-refractivity contribution in [3.8, 4) is 0 Å². The van der Waals surface area contributed by atoms with Crippen LogP contribution in [-0.2, 0) is 0 Å². The Balaban J connectivity index is 1.91. The minimum absolute atomic E-state index is 0.421. The largest absolute Gasteiger partial charge is 0.308 e. The third kappa shape index (κ3) is 3.33. The van der Waals surface area contributed by atoms with E-state index in [9.17, 15) is 0 Å². The Bertz CT molecular complexity index is 346. The lowest BCUT2D eigenvalue weighted by atomic mass is 10.1. The van der Waals surface area contributed by atoms with E-state index >= 15 is 0 Å². The van der Waals surface area contributed by atoms with Crippen LogP contribution < -0.4 is 5.32 Å². The second-order valence-electron chi connectivity index (χ2n) is 4.99. The molecule has 0 heterocycles. The van der Waals surface area contributed by atoms with E-state index in [0.29, 0.717) is 12.1 Å². The van der Waals surface area contributed by atoms with Crippen molar-refractivity contribution in [3.05, 3.63) is 34.3 Å². The van der Waals surface area contributed by atoms with Gasteiger partial charge in [-0.25, -0.2) is 0 Å². The van der Waals surface area contributed by atoms with Crippen molar-refractivity contribution >= 4 is 15.9 Å². The zero-order valence-corrected chi connectivity index (χ0v) is 11.6. The zero-order valence-electron chi connectivity index (χ0n) is 10.0. The van der Waals surface area contributed by atoms with Gasteiger partial charge in [-0.15, -0.1) is 0 Å². The molecule has 1 unspecified atom stereocenters. The topological polar surface area (TPSA) is 12.0 Å². The number of nitrogens with one attached hydrogen (secondary N) is 1. The summed E-state index contributed by atoms with van der Waals surface area (Å²) in [4.78, 5) is 0. The molecule has 1 N–H and O–H groups in total. The molecule has 88 valence electrons. The summed E-state index contributed by atoms with van der Waals surface area (Å²) in [6, 6.07) is 9.50. The second kappa shape index (κ2) is 5.33. The van der Waals surface area contributed by atoms with Crippen molar-refractivity contribution in [3.63, 3.8) is 0 Å². The molecule has 0 bridgehead atoms. The van der Waals surface area contributed by atoms with Gasteiger partial charge < -0.3 is 5.32 Å². The Kier molecular flexibility index (Phi) is 4.04. The van der Waals surface area contributed by atoms with Gasteiger partial charge in [-0.1, -0.05) is 47.0 Å². The molecule has 0 aromatic heterocycles. The van der Waals surface area contributed by atoms with E-state index in [-0.39, 0.29) is 0 Å². The van der Waals surface area contributed by atoms with Gasteiger partial charge in [-0.05, 0) is 37.8 Å². The summed E-state index contributed by atoms with van der Waals surface area (Å²) in [6.07, 6.45) is 4.21. The molecule has 0 amide bonds. The molecular weight excluding hydrogens is 262 g/mol. The van der Waals surface area contributed by atoms with Crippen molar-refractivity contribution in [2.45, 2.75) is 45.2 Å². The molecule has 1 saturated carbocycles.